The van der Waals surface area contributed by atoms with Crippen molar-refractivity contribution >= 4 is 15.7 Å². The van der Waals surface area contributed by atoms with Crippen LogP contribution in [0.25, 0.3) is 0 Å². The largest absolute Gasteiger partial charge is 0.494 e. The molecule has 0 aliphatic carbocycles. The number of para-hydroxylation sites is 1. The molecule has 8 heteroatoms. The average molecular weight is 679 g/mol. The maximum Gasteiger partial charge on any atom is 0.276 e. The number of hydrogen-bond donors (Lipinski definition) is 1. The van der Waals surface area contributed by atoms with Crippen LogP contribution in [-0.4, -0.2) is 34.0 Å². The van der Waals surface area contributed by atoms with Crippen LogP contribution in [0.3, 0.4) is 0 Å². The van der Waals surface area contributed by atoms with Crippen LogP contribution in [-0.2, 0) is 10.0 Å². The van der Waals surface area contributed by atoms with Crippen molar-refractivity contribution in [1.29, 1.82) is 0 Å². The van der Waals surface area contributed by atoms with Crippen molar-refractivity contribution in [3.8, 4) is 17.2 Å². The zero-order valence-corrected chi connectivity index (χ0v) is 30.4. The molecule has 0 unspecified atom stereocenters. The summed E-state index contributed by atoms with van der Waals surface area (Å²) in [5, 5.41) is 4.48. The van der Waals surface area contributed by atoms with Crippen molar-refractivity contribution in [1.82, 2.24) is 4.83 Å². The van der Waals surface area contributed by atoms with Crippen LogP contribution in [0.5, 0.6) is 17.2 Å². The highest BCUT2D eigenvalue weighted by Gasteiger charge is 2.16. The first kappa shape index (κ1) is 38.9. The van der Waals surface area contributed by atoms with Crippen LogP contribution in [0.15, 0.2) is 82.8 Å². The SMILES string of the molecule is CCCCCCCCOc1ccc(C(CCCCOc2ccccc2)=NNS(=O)(=O)c2ccc(C)cc2)cc1OCCCCCCCC. The highest BCUT2D eigenvalue weighted by Crippen LogP contribution is 2.30. The fourth-order valence-electron chi connectivity index (χ4n) is 5.30. The summed E-state index contributed by atoms with van der Waals surface area (Å²) in [6.07, 6.45) is 16.4. The minimum atomic E-state index is -3.84. The number of hydrogen-bond acceptors (Lipinski definition) is 6. The standard InChI is InChI=1S/C40H58N2O5S/c1-4-6-8-10-12-18-31-46-39-29-26-35(33-40(39)47-32-19-13-11-9-7-5-2)38(23-17-20-30-45-36-21-15-14-16-22-36)41-42-48(43,44)37-27-24-34(3)25-28-37/h14-16,21-22,24-29,33,42H,4-13,17-20,23,30-32H2,1-3H3. The molecule has 0 atom stereocenters. The van der Waals surface area contributed by atoms with Gasteiger partial charge in [0.1, 0.15) is 5.75 Å². The Hall–Kier alpha value is -3.52. The third-order valence-electron chi connectivity index (χ3n) is 8.24. The molecule has 0 saturated heterocycles. The summed E-state index contributed by atoms with van der Waals surface area (Å²) in [6, 6.07) is 22.3. The van der Waals surface area contributed by atoms with Crippen LogP contribution >= 0.6 is 0 Å². The molecule has 3 aromatic carbocycles. The lowest BCUT2D eigenvalue weighted by Crippen LogP contribution is -2.21. The molecule has 264 valence electrons. The third-order valence-corrected chi connectivity index (χ3v) is 9.46. The molecule has 48 heavy (non-hydrogen) atoms. The van der Waals surface area contributed by atoms with Gasteiger partial charge in [0.15, 0.2) is 11.5 Å². The Bertz CT molecular complexity index is 1430. The normalized spacial score (nSPS) is 11.8. The molecule has 0 radical (unpaired) electrons. The molecule has 0 spiro atoms. The lowest BCUT2D eigenvalue weighted by atomic mass is 10.0. The molecule has 0 saturated carbocycles. The molecule has 3 aromatic rings. The molecular formula is C40H58N2O5S. The number of aryl methyl sites for hydroxylation is 1. The fraction of sp³-hybridized carbons (Fsp3) is 0.525. The zero-order chi connectivity index (χ0) is 34.3. The van der Waals surface area contributed by atoms with Crippen molar-refractivity contribution in [2.45, 2.75) is 122 Å². The smallest absolute Gasteiger partial charge is 0.276 e. The number of unbranched alkanes of at least 4 members (excludes halogenated alkanes) is 11. The van der Waals surface area contributed by atoms with Crippen molar-refractivity contribution < 1.29 is 22.6 Å². The Morgan fingerprint density at radius 2 is 1.19 bits per heavy atom. The number of rotatable bonds is 26. The molecule has 1 N–H and O–H groups in total. The molecule has 0 amide bonds. The Labute approximate surface area is 290 Å². The summed E-state index contributed by atoms with van der Waals surface area (Å²) < 4.78 is 44.7. The monoisotopic (exact) mass is 678 g/mol. The van der Waals surface area contributed by atoms with Gasteiger partial charge in [-0.05, 0) is 81.5 Å². The Balaban J connectivity index is 1.75. The van der Waals surface area contributed by atoms with Gasteiger partial charge in [0.05, 0.1) is 30.4 Å². The van der Waals surface area contributed by atoms with E-state index in [1.165, 1.54) is 51.4 Å². The van der Waals surface area contributed by atoms with Crippen LogP contribution in [0.2, 0.25) is 0 Å². The van der Waals surface area contributed by atoms with Crippen molar-refractivity contribution in [2.24, 2.45) is 5.10 Å². The van der Waals surface area contributed by atoms with Crippen LogP contribution in [0, 0.1) is 6.92 Å². The van der Waals surface area contributed by atoms with Gasteiger partial charge in [-0.15, -0.1) is 0 Å². The summed E-state index contributed by atoms with van der Waals surface area (Å²) in [7, 11) is -3.84. The van der Waals surface area contributed by atoms with E-state index in [0.717, 1.165) is 55.4 Å². The lowest BCUT2D eigenvalue weighted by molar-refractivity contribution is 0.258. The second-order valence-corrected chi connectivity index (χ2v) is 14.1. The molecule has 0 bridgehead atoms. The first-order valence-electron chi connectivity index (χ1n) is 18.2. The van der Waals surface area contributed by atoms with Gasteiger partial charge < -0.3 is 14.2 Å². The lowest BCUT2D eigenvalue weighted by Gasteiger charge is -2.16. The summed E-state index contributed by atoms with van der Waals surface area (Å²) >= 11 is 0. The second-order valence-electron chi connectivity index (χ2n) is 12.5. The van der Waals surface area contributed by atoms with Crippen LogP contribution in [0.4, 0.5) is 0 Å². The van der Waals surface area contributed by atoms with E-state index in [-0.39, 0.29) is 4.90 Å². The molecule has 0 heterocycles. The molecular weight excluding hydrogens is 621 g/mol. The van der Waals surface area contributed by atoms with E-state index in [1.54, 1.807) is 24.3 Å². The fourth-order valence-corrected chi connectivity index (χ4v) is 6.13. The highest BCUT2D eigenvalue weighted by atomic mass is 32.2. The van der Waals surface area contributed by atoms with Gasteiger partial charge in [0, 0.05) is 5.56 Å². The minimum absolute atomic E-state index is 0.175. The summed E-state index contributed by atoms with van der Waals surface area (Å²) in [5.41, 5.74) is 2.43. The number of sulfonamides is 1. The van der Waals surface area contributed by atoms with Gasteiger partial charge in [0.2, 0.25) is 0 Å². The van der Waals surface area contributed by atoms with E-state index >= 15 is 0 Å². The molecule has 7 nitrogen and oxygen atoms in total. The predicted molar refractivity (Wildman–Crippen MR) is 198 cm³/mol. The maximum atomic E-state index is 13.1. The topological polar surface area (TPSA) is 86.2 Å². The Kier molecular flexibility index (Phi) is 18.6. The Morgan fingerprint density at radius 3 is 1.83 bits per heavy atom. The van der Waals surface area contributed by atoms with Crippen molar-refractivity contribution in [3.63, 3.8) is 0 Å². The molecule has 0 aliphatic rings. The maximum absolute atomic E-state index is 13.1. The van der Waals surface area contributed by atoms with E-state index in [4.69, 9.17) is 14.2 Å². The number of nitrogens with one attached hydrogen (secondary N) is 1. The number of ether oxygens (including phenoxy) is 3. The minimum Gasteiger partial charge on any atom is -0.494 e. The number of benzene rings is 3. The number of nitrogens with zero attached hydrogens (tertiary/aromatic N) is 1. The molecule has 3 rings (SSSR count). The summed E-state index contributed by atoms with van der Waals surface area (Å²) in [6.45, 7) is 8.18. The quantitative estimate of drug-likeness (QED) is 0.0519. The van der Waals surface area contributed by atoms with E-state index in [0.29, 0.717) is 43.5 Å². The third kappa shape index (κ3) is 15.1. The van der Waals surface area contributed by atoms with Crippen molar-refractivity contribution in [2.75, 3.05) is 19.8 Å². The van der Waals surface area contributed by atoms with Gasteiger partial charge in [-0.25, -0.2) is 0 Å². The molecule has 0 fully saturated rings. The van der Waals surface area contributed by atoms with Gasteiger partial charge in [0.25, 0.3) is 10.0 Å². The van der Waals surface area contributed by atoms with Gasteiger partial charge in [-0.2, -0.15) is 18.4 Å². The van der Waals surface area contributed by atoms with Gasteiger partial charge in [-0.1, -0.05) is 114 Å². The Morgan fingerprint density at radius 1 is 0.625 bits per heavy atom. The van der Waals surface area contributed by atoms with Gasteiger partial charge >= 0.3 is 0 Å². The zero-order valence-electron chi connectivity index (χ0n) is 29.6. The highest BCUT2D eigenvalue weighted by molar-refractivity contribution is 7.89. The summed E-state index contributed by atoms with van der Waals surface area (Å²) in [4.78, 5) is 2.67. The molecule has 0 aliphatic heterocycles. The molecule has 0 aromatic heterocycles. The average Bonchev–Trinajstić information content (AvgIpc) is 3.09. The van der Waals surface area contributed by atoms with E-state index in [1.807, 2.05) is 55.5 Å². The second kappa shape index (κ2) is 22.9. The van der Waals surface area contributed by atoms with E-state index < -0.39 is 10.0 Å². The van der Waals surface area contributed by atoms with E-state index in [9.17, 15) is 8.42 Å². The van der Waals surface area contributed by atoms with E-state index in [2.05, 4.69) is 23.8 Å². The van der Waals surface area contributed by atoms with Crippen LogP contribution in [0.1, 0.15) is 121 Å². The predicted octanol–water partition coefficient (Wildman–Crippen LogP) is 10.4. The number of hydrazone groups is 1. The summed E-state index contributed by atoms with van der Waals surface area (Å²) in [5.74, 6) is 2.23. The van der Waals surface area contributed by atoms with Crippen LogP contribution < -0.4 is 19.0 Å². The van der Waals surface area contributed by atoms with Crippen molar-refractivity contribution in [3.05, 3.63) is 83.9 Å². The van der Waals surface area contributed by atoms with Gasteiger partial charge in [-0.3, -0.25) is 0 Å². The first-order chi connectivity index (χ1) is 23.4. The first-order valence-corrected chi connectivity index (χ1v) is 19.6.